The first-order valence-electron chi connectivity index (χ1n) is 5.81. The number of hydrogen-bond acceptors (Lipinski definition) is 3. The molecule has 0 bridgehead atoms. The van der Waals surface area contributed by atoms with Gasteiger partial charge in [0.2, 0.25) is 0 Å². The van der Waals surface area contributed by atoms with Gasteiger partial charge in [0.1, 0.15) is 11.6 Å². The number of nitrogens with one attached hydrogen (secondary N) is 1. The highest BCUT2D eigenvalue weighted by Crippen LogP contribution is 2.32. The Hall–Kier alpha value is -1.14. The SMILES string of the molecule is COc1ccc(C(NN)c2ccc(Cl)cc2Br)c(F)c1. The van der Waals surface area contributed by atoms with Crippen molar-refractivity contribution in [1.82, 2.24) is 5.43 Å². The molecular weight excluding hydrogens is 347 g/mol. The first kappa shape index (κ1) is 15.3. The van der Waals surface area contributed by atoms with Gasteiger partial charge in [-0.05, 0) is 23.8 Å². The fourth-order valence-corrected chi connectivity index (χ4v) is 2.86. The minimum Gasteiger partial charge on any atom is -0.497 e. The molecule has 2 rings (SSSR count). The molecule has 6 heteroatoms. The van der Waals surface area contributed by atoms with Crippen LogP contribution in [0.25, 0.3) is 0 Å². The van der Waals surface area contributed by atoms with Crippen molar-refractivity contribution < 1.29 is 9.13 Å². The van der Waals surface area contributed by atoms with E-state index in [1.807, 2.05) is 0 Å². The van der Waals surface area contributed by atoms with Crippen molar-refractivity contribution in [3.63, 3.8) is 0 Å². The minimum atomic E-state index is -0.493. The number of ether oxygens (including phenoxy) is 1. The maximum absolute atomic E-state index is 14.2. The maximum atomic E-state index is 14.2. The molecule has 3 nitrogen and oxygen atoms in total. The van der Waals surface area contributed by atoms with E-state index in [1.54, 1.807) is 30.3 Å². The number of hydrazine groups is 1. The average molecular weight is 360 g/mol. The number of methoxy groups -OCH3 is 1. The quantitative estimate of drug-likeness (QED) is 0.645. The molecule has 0 aliphatic rings. The van der Waals surface area contributed by atoms with Crippen LogP contribution in [0.5, 0.6) is 5.75 Å². The summed E-state index contributed by atoms with van der Waals surface area (Å²) in [4.78, 5) is 0. The first-order valence-corrected chi connectivity index (χ1v) is 6.98. The Kier molecular flexibility index (Phi) is 4.99. The Bertz CT molecular complexity index is 624. The molecular formula is C14H13BrClFN2O. The van der Waals surface area contributed by atoms with E-state index in [4.69, 9.17) is 22.2 Å². The third-order valence-electron chi connectivity index (χ3n) is 2.96. The second-order valence-corrected chi connectivity index (χ2v) is 5.44. The number of hydrogen-bond donors (Lipinski definition) is 2. The number of nitrogens with two attached hydrogens (primary N) is 1. The summed E-state index contributed by atoms with van der Waals surface area (Å²) in [7, 11) is 1.49. The first-order chi connectivity index (χ1) is 9.56. The van der Waals surface area contributed by atoms with Crippen molar-refractivity contribution in [2.24, 2.45) is 5.84 Å². The van der Waals surface area contributed by atoms with Gasteiger partial charge >= 0.3 is 0 Å². The van der Waals surface area contributed by atoms with Crippen molar-refractivity contribution in [3.8, 4) is 5.75 Å². The average Bonchev–Trinajstić information content (AvgIpc) is 2.43. The molecule has 2 aromatic rings. The lowest BCUT2D eigenvalue weighted by Gasteiger charge is -2.19. The van der Waals surface area contributed by atoms with Crippen molar-refractivity contribution in [3.05, 3.63) is 62.8 Å². The number of benzene rings is 2. The molecule has 0 spiro atoms. The van der Waals surface area contributed by atoms with Crippen LogP contribution in [0.15, 0.2) is 40.9 Å². The van der Waals surface area contributed by atoms with Crippen LogP contribution in [0.1, 0.15) is 17.2 Å². The van der Waals surface area contributed by atoms with E-state index < -0.39 is 11.9 Å². The molecule has 2 aromatic carbocycles. The van der Waals surface area contributed by atoms with Gasteiger partial charge in [-0.25, -0.2) is 9.82 Å². The molecule has 0 heterocycles. The second-order valence-electron chi connectivity index (χ2n) is 4.15. The summed E-state index contributed by atoms with van der Waals surface area (Å²) in [6.45, 7) is 0. The smallest absolute Gasteiger partial charge is 0.132 e. The summed E-state index contributed by atoms with van der Waals surface area (Å²) >= 11 is 9.32. The molecule has 106 valence electrons. The summed E-state index contributed by atoms with van der Waals surface area (Å²) < 4.78 is 19.9. The predicted molar refractivity (Wildman–Crippen MR) is 81.3 cm³/mol. The topological polar surface area (TPSA) is 47.3 Å². The van der Waals surface area contributed by atoms with Gasteiger partial charge in [0, 0.05) is 21.1 Å². The van der Waals surface area contributed by atoms with Crippen molar-refractivity contribution >= 4 is 27.5 Å². The van der Waals surface area contributed by atoms with E-state index in [2.05, 4.69) is 21.4 Å². The predicted octanol–water partition coefficient (Wildman–Crippen LogP) is 3.80. The monoisotopic (exact) mass is 358 g/mol. The van der Waals surface area contributed by atoms with Gasteiger partial charge in [-0.1, -0.05) is 39.7 Å². The van der Waals surface area contributed by atoms with Gasteiger partial charge in [-0.2, -0.15) is 0 Å². The maximum Gasteiger partial charge on any atom is 0.132 e. The highest BCUT2D eigenvalue weighted by atomic mass is 79.9. The molecule has 1 unspecified atom stereocenters. The Balaban J connectivity index is 2.47. The van der Waals surface area contributed by atoms with Crippen LogP contribution in [0.2, 0.25) is 5.02 Å². The molecule has 1 atom stereocenters. The molecule has 3 N–H and O–H groups in total. The lowest BCUT2D eigenvalue weighted by atomic mass is 9.98. The van der Waals surface area contributed by atoms with Crippen LogP contribution in [0.3, 0.4) is 0 Å². The molecule has 0 fully saturated rings. The molecule has 0 aliphatic heterocycles. The Morgan fingerprint density at radius 1 is 1.25 bits per heavy atom. The Morgan fingerprint density at radius 3 is 2.50 bits per heavy atom. The van der Waals surface area contributed by atoms with Gasteiger partial charge in [0.05, 0.1) is 13.2 Å². The normalized spacial score (nSPS) is 12.2. The van der Waals surface area contributed by atoms with E-state index in [0.29, 0.717) is 16.3 Å². The number of halogens is 3. The van der Waals surface area contributed by atoms with Crippen molar-refractivity contribution in [1.29, 1.82) is 0 Å². The highest BCUT2D eigenvalue weighted by molar-refractivity contribution is 9.10. The summed E-state index contributed by atoms with van der Waals surface area (Å²) in [6, 6.07) is 9.42. The number of rotatable bonds is 4. The van der Waals surface area contributed by atoms with E-state index in [9.17, 15) is 4.39 Å². The summed E-state index contributed by atoms with van der Waals surface area (Å²) in [5, 5.41) is 0.589. The summed E-state index contributed by atoms with van der Waals surface area (Å²) in [5.41, 5.74) is 3.84. The lowest BCUT2D eigenvalue weighted by Crippen LogP contribution is -2.29. The molecule has 0 aliphatic carbocycles. The Morgan fingerprint density at radius 2 is 1.95 bits per heavy atom. The van der Waals surface area contributed by atoms with Gasteiger partial charge in [-0.15, -0.1) is 0 Å². The molecule has 0 saturated carbocycles. The zero-order chi connectivity index (χ0) is 14.7. The van der Waals surface area contributed by atoms with E-state index in [0.717, 1.165) is 10.0 Å². The van der Waals surface area contributed by atoms with Crippen LogP contribution in [-0.2, 0) is 0 Å². The van der Waals surface area contributed by atoms with Crippen LogP contribution in [0.4, 0.5) is 4.39 Å². The van der Waals surface area contributed by atoms with Gasteiger partial charge < -0.3 is 4.74 Å². The lowest BCUT2D eigenvalue weighted by molar-refractivity contribution is 0.410. The summed E-state index contributed by atoms with van der Waals surface area (Å²) in [6.07, 6.45) is 0. The fraction of sp³-hybridized carbons (Fsp3) is 0.143. The minimum absolute atomic E-state index is 0.394. The van der Waals surface area contributed by atoms with E-state index in [-0.39, 0.29) is 0 Å². The van der Waals surface area contributed by atoms with Crippen LogP contribution >= 0.6 is 27.5 Å². The van der Waals surface area contributed by atoms with Crippen molar-refractivity contribution in [2.45, 2.75) is 6.04 Å². The Labute approximate surface area is 130 Å². The largest absolute Gasteiger partial charge is 0.497 e. The van der Waals surface area contributed by atoms with Gasteiger partial charge in [0.25, 0.3) is 0 Å². The van der Waals surface area contributed by atoms with Gasteiger partial charge in [-0.3, -0.25) is 5.84 Å². The molecule has 0 aromatic heterocycles. The molecule has 0 amide bonds. The summed E-state index contributed by atoms with van der Waals surface area (Å²) in [5.74, 6) is 5.64. The van der Waals surface area contributed by atoms with Gasteiger partial charge in [0.15, 0.2) is 0 Å². The van der Waals surface area contributed by atoms with E-state index >= 15 is 0 Å². The van der Waals surface area contributed by atoms with E-state index in [1.165, 1.54) is 13.2 Å². The van der Waals surface area contributed by atoms with Crippen LogP contribution < -0.4 is 16.0 Å². The van der Waals surface area contributed by atoms with Crippen LogP contribution in [0, 0.1) is 5.82 Å². The van der Waals surface area contributed by atoms with Crippen LogP contribution in [-0.4, -0.2) is 7.11 Å². The third-order valence-corrected chi connectivity index (χ3v) is 3.88. The zero-order valence-electron chi connectivity index (χ0n) is 10.7. The third kappa shape index (κ3) is 3.12. The zero-order valence-corrected chi connectivity index (χ0v) is 13.0. The standard InChI is InChI=1S/C14H13BrClFN2O/c1-20-9-3-5-11(13(17)7-9)14(19-18)10-4-2-8(16)6-12(10)15/h2-7,14,19H,18H2,1H3. The molecule has 0 saturated heterocycles. The molecule has 0 radical (unpaired) electrons. The second kappa shape index (κ2) is 6.54. The molecule has 20 heavy (non-hydrogen) atoms. The highest BCUT2D eigenvalue weighted by Gasteiger charge is 2.19. The van der Waals surface area contributed by atoms with Crippen molar-refractivity contribution in [2.75, 3.05) is 7.11 Å². The fourth-order valence-electron chi connectivity index (χ4n) is 1.95.